The lowest BCUT2D eigenvalue weighted by molar-refractivity contribution is -0.212. The number of methoxy groups -OCH3 is 2. The fourth-order valence-corrected chi connectivity index (χ4v) is 4.13. The maximum atomic E-state index is 13.7. The second kappa shape index (κ2) is 13.0. The Labute approximate surface area is 236 Å². The van der Waals surface area contributed by atoms with Crippen LogP contribution in [-0.4, -0.2) is 56.9 Å². The molecular weight excluding hydrogens is 541 g/mol. The van der Waals surface area contributed by atoms with Gasteiger partial charge in [0.25, 0.3) is 0 Å². The van der Waals surface area contributed by atoms with Crippen molar-refractivity contribution >= 4 is 45.5 Å². The van der Waals surface area contributed by atoms with Crippen LogP contribution in [0.4, 0.5) is 21.5 Å². The molecule has 1 aliphatic heterocycles. The molecule has 10 nitrogen and oxygen atoms in total. The molecule has 0 saturated carbocycles. The molecule has 2 heterocycles. The van der Waals surface area contributed by atoms with Crippen molar-refractivity contribution in [1.82, 2.24) is 10.3 Å². The smallest absolute Gasteiger partial charge is 0.248 e. The number of anilines is 3. The van der Waals surface area contributed by atoms with Crippen molar-refractivity contribution in [3.05, 3.63) is 65.1 Å². The lowest BCUT2D eigenvalue weighted by atomic mass is 10.1. The van der Waals surface area contributed by atoms with E-state index in [1.807, 2.05) is 0 Å². The van der Waals surface area contributed by atoms with Crippen LogP contribution in [0.5, 0.6) is 5.75 Å². The van der Waals surface area contributed by atoms with E-state index in [0.29, 0.717) is 59.9 Å². The van der Waals surface area contributed by atoms with Crippen LogP contribution in [0.15, 0.2) is 48.7 Å². The van der Waals surface area contributed by atoms with Gasteiger partial charge in [-0.3, -0.25) is 15.1 Å². The average Bonchev–Trinajstić information content (AvgIpc) is 3.47. The molecule has 40 heavy (non-hydrogen) atoms. The van der Waals surface area contributed by atoms with Crippen LogP contribution in [0.25, 0.3) is 10.9 Å². The molecule has 210 valence electrons. The monoisotopic (exact) mass is 569 g/mol. The van der Waals surface area contributed by atoms with Gasteiger partial charge >= 0.3 is 0 Å². The summed E-state index contributed by atoms with van der Waals surface area (Å²) in [5.41, 5.74) is 2.02. The third-order valence-electron chi connectivity index (χ3n) is 6.31. The fourth-order valence-electron chi connectivity index (χ4n) is 3.95. The van der Waals surface area contributed by atoms with Gasteiger partial charge in [-0.2, -0.15) is 5.26 Å². The Kier molecular flexibility index (Phi) is 9.52. The number of nitriles is 1. The van der Waals surface area contributed by atoms with Crippen LogP contribution in [0.3, 0.4) is 0 Å². The Morgan fingerprint density at radius 2 is 2.12 bits per heavy atom. The minimum atomic E-state index is -0.993. The molecule has 0 unspecified atom stereocenters. The zero-order valence-corrected chi connectivity index (χ0v) is 23.0. The largest absolute Gasteiger partial charge is 0.486 e. The molecule has 3 N–H and O–H groups in total. The van der Waals surface area contributed by atoms with Crippen molar-refractivity contribution in [2.75, 3.05) is 44.6 Å². The molecule has 4 rings (SSSR count). The minimum Gasteiger partial charge on any atom is -0.486 e. The molecule has 0 aliphatic carbocycles. The Hall–Kier alpha value is -3.79. The maximum absolute atomic E-state index is 13.7. The van der Waals surface area contributed by atoms with Crippen molar-refractivity contribution < 1.29 is 28.1 Å². The molecule has 12 heteroatoms. The van der Waals surface area contributed by atoms with Crippen molar-refractivity contribution in [3.8, 4) is 11.8 Å². The summed E-state index contributed by atoms with van der Waals surface area (Å²) in [6.07, 6.45) is 4.94. The Morgan fingerprint density at radius 3 is 2.80 bits per heavy atom. The molecule has 2 aromatic carbocycles. The zero-order chi connectivity index (χ0) is 28.7. The third kappa shape index (κ3) is 7.04. The molecule has 1 atom stereocenters. The van der Waals surface area contributed by atoms with Crippen LogP contribution in [-0.2, 0) is 19.0 Å². The number of nitrogens with zero attached hydrogens (tertiary/aromatic N) is 2. The van der Waals surface area contributed by atoms with E-state index in [0.717, 1.165) is 0 Å². The summed E-state index contributed by atoms with van der Waals surface area (Å²) < 4.78 is 35.8. The van der Waals surface area contributed by atoms with Gasteiger partial charge < -0.3 is 29.6 Å². The van der Waals surface area contributed by atoms with Gasteiger partial charge in [0.1, 0.15) is 23.7 Å². The number of fused-ring (bicyclic) bond motifs is 1. The van der Waals surface area contributed by atoms with Crippen LogP contribution in [0.1, 0.15) is 18.9 Å². The number of rotatable bonds is 11. The van der Waals surface area contributed by atoms with Crippen LogP contribution in [0.2, 0.25) is 5.02 Å². The van der Waals surface area contributed by atoms with E-state index in [-0.39, 0.29) is 16.7 Å². The lowest BCUT2D eigenvalue weighted by Gasteiger charge is -2.26. The predicted octanol–water partition coefficient (Wildman–Crippen LogP) is 4.86. The number of carbonyl (C=O) groups is 1. The van der Waals surface area contributed by atoms with Gasteiger partial charge in [-0.1, -0.05) is 17.7 Å². The van der Waals surface area contributed by atoms with E-state index >= 15 is 0 Å². The molecule has 1 fully saturated rings. The van der Waals surface area contributed by atoms with Gasteiger partial charge in [0.05, 0.1) is 40.7 Å². The van der Waals surface area contributed by atoms with Crippen LogP contribution in [0, 0.1) is 17.1 Å². The van der Waals surface area contributed by atoms with Gasteiger partial charge in [-0.25, -0.2) is 4.39 Å². The highest BCUT2D eigenvalue weighted by molar-refractivity contribution is 6.31. The first-order valence-electron chi connectivity index (χ1n) is 12.4. The van der Waals surface area contributed by atoms with E-state index < -0.39 is 17.6 Å². The first-order chi connectivity index (χ1) is 19.2. The minimum absolute atomic E-state index is 0.0677. The van der Waals surface area contributed by atoms with Crippen LogP contribution >= 0.6 is 11.6 Å². The first-order valence-corrected chi connectivity index (χ1v) is 12.8. The van der Waals surface area contributed by atoms with Gasteiger partial charge in [0.2, 0.25) is 11.8 Å². The number of aromatic nitrogens is 1. The Morgan fingerprint density at radius 1 is 1.32 bits per heavy atom. The number of hydrogen-bond donors (Lipinski definition) is 3. The van der Waals surface area contributed by atoms with Crippen molar-refractivity contribution in [1.29, 1.82) is 5.26 Å². The average molecular weight is 570 g/mol. The first kappa shape index (κ1) is 29.2. The quantitative estimate of drug-likeness (QED) is 0.219. The van der Waals surface area contributed by atoms with Gasteiger partial charge in [-0.15, -0.1) is 0 Å². The van der Waals surface area contributed by atoms with E-state index in [2.05, 4.69) is 27.0 Å². The number of ether oxygens (including phenoxy) is 4. The van der Waals surface area contributed by atoms with E-state index in [1.54, 1.807) is 25.1 Å². The van der Waals surface area contributed by atoms with E-state index in [9.17, 15) is 14.4 Å². The lowest BCUT2D eigenvalue weighted by Crippen LogP contribution is -2.45. The summed E-state index contributed by atoms with van der Waals surface area (Å²) in [6.45, 7) is 3.01. The molecule has 3 aromatic rings. The molecule has 0 radical (unpaired) electrons. The number of benzene rings is 2. The molecule has 1 saturated heterocycles. The van der Waals surface area contributed by atoms with Gasteiger partial charge in [0, 0.05) is 63.5 Å². The standard InChI is InChI=1S/C28H29ClFN5O5/c1-28(37-2,38-3)33-9-4-5-26(36)35-24-12-20-23(13-25(24)40-19-8-10-39-16-19)32-15-17(14-31)27(20)34-18-6-7-22(30)21(29)11-18/h4-7,11-13,15,19,33H,8-10,16H2,1-3H3,(H,32,34)(H,35,36)/b5-4+/t19-/m0/s1. The van der Waals surface area contributed by atoms with E-state index in [4.69, 9.17) is 30.5 Å². The normalized spacial score (nSPS) is 15.3. The molecule has 1 aliphatic rings. The van der Waals surface area contributed by atoms with Crippen molar-refractivity contribution in [3.63, 3.8) is 0 Å². The van der Waals surface area contributed by atoms with E-state index in [1.165, 1.54) is 44.7 Å². The molecule has 1 aromatic heterocycles. The number of carbonyl (C=O) groups excluding carboxylic acids is 1. The summed E-state index contributed by atoms with van der Waals surface area (Å²) in [6, 6.07) is 9.64. The summed E-state index contributed by atoms with van der Waals surface area (Å²) in [7, 11) is 3.01. The highest BCUT2D eigenvalue weighted by Crippen LogP contribution is 2.37. The molecule has 0 spiro atoms. The number of pyridine rings is 1. The number of nitrogens with one attached hydrogen (secondary N) is 3. The highest BCUT2D eigenvalue weighted by atomic mass is 35.5. The van der Waals surface area contributed by atoms with Crippen LogP contribution < -0.4 is 20.7 Å². The maximum Gasteiger partial charge on any atom is 0.248 e. The molecule has 0 bridgehead atoms. The summed E-state index contributed by atoms with van der Waals surface area (Å²) >= 11 is 5.96. The summed E-state index contributed by atoms with van der Waals surface area (Å²) in [5, 5.41) is 19.3. The molecule has 1 amide bonds. The SMILES string of the molecule is COC(C)(NC/C=C/C(=O)Nc1cc2c(Nc3ccc(F)c(Cl)c3)c(C#N)cnc2cc1O[C@H]1CCOC1)OC. The second-order valence-corrected chi connectivity index (χ2v) is 9.42. The topological polar surface area (TPSA) is 127 Å². The fraction of sp³-hybridized carbons (Fsp3) is 0.321. The van der Waals surface area contributed by atoms with Gasteiger partial charge in [0.15, 0.2) is 0 Å². The third-order valence-corrected chi connectivity index (χ3v) is 6.60. The number of halogens is 2. The Bertz CT molecular complexity index is 1450. The Balaban J connectivity index is 1.67. The van der Waals surface area contributed by atoms with Crippen molar-refractivity contribution in [2.45, 2.75) is 25.4 Å². The second-order valence-electron chi connectivity index (χ2n) is 9.01. The summed E-state index contributed by atoms with van der Waals surface area (Å²) in [4.78, 5) is 17.3. The number of amides is 1. The molecular formula is C28H29ClFN5O5. The summed E-state index contributed by atoms with van der Waals surface area (Å²) in [5.74, 6) is -1.56. The van der Waals surface area contributed by atoms with Crippen molar-refractivity contribution in [2.24, 2.45) is 0 Å². The number of hydrogen-bond acceptors (Lipinski definition) is 9. The van der Waals surface area contributed by atoms with Gasteiger partial charge in [-0.05, 0) is 24.3 Å². The highest BCUT2D eigenvalue weighted by Gasteiger charge is 2.22. The zero-order valence-electron chi connectivity index (χ0n) is 22.2. The predicted molar refractivity (Wildman–Crippen MR) is 149 cm³/mol.